The molecular weight excluding hydrogens is 386 g/mol. The number of anilines is 1. The molecule has 4 aliphatic carbocycles. The topological polar surface area (TPSA) is 38.3 Å². The lowest BCUT2D eigenvalue weighted by Gasteiger charge is -2.59. The number of benzene rings is 1. The van der Waals surface area contributed by atoms with Crippen LogP contribution < -0.4 is 10.1 Å². The van der Waals surface area contributed by atoms with E-state index in [-0.39, 0.29) is 16.5 Å². The molecule has 0 saturated heterocycles. The van der Waals surface area contributed by atoms with Crippen LogP contribution in [0.4, 0.5) is 23.2 Å². The van der Waals surface area contributed by atoms with Crippen LogP contribution >= 0.6 is 11.6 Å². The largest absolute Gasteiger partial charge is 0.461 e. The van der Waals surface area contributed by atoms with Crippen LogP contribution in [0.15, 0.2) is 24.3 Å². The van der Waals surface area contributed by atoms with E-state index in [1.165, 1.54) is 12.1 Å². The first-order valence-electron chi connectivity index (χ1n) is 9.05. The van der Waals surface area contributed by atoms with E-state index in [0.29, 0.717) is 18.3 Å². The Morgan fingerprint density at radius 1 is 1.22 bits per heavy atom. The highest BCUT2D eigenvalue weighted by Crippen LogP contribution is 2.64. The Morgan fingerprint density at radius 3 is 2.48 bits per heavy atom. The van der Waals surface area contributed by atoms with Crippen LogP contribution in [0.1, 0.15) is 38.5 Å². The summed E-state index contributed by atoms with van der Waals surface area (Å²) in [5.41, 5.74) is -0.308. The van der Waals surface area contributed by atoms with Gasteiger partial charge >= 0.3 is 12.5 Å². The third-order valence-corrected chi connectivity index (χ3v) is 6.51. The molecule has 0 aliphatic heterocycles. The van der Waals surface area contributed by atoms with E-state index in [4.69, 9.17) is 11.6 Å². The molecule has 8 heteroatoms. The summed E-state index contributed by atoms with van der Waals surface area (Å²) in [6, 6.07) is 5.16. The summed E-state index contributed by atoms with van der Waals surface area (Å²) in [4.78, 5) is 12.7. The molecule has 3 nitrogen and oxygen atoms in total. The molecule has 4 aliphatic rings. The lowest BCUT2D eigenvalue weighted by molar-refractivity contribution is -0.253. The van der Waals surface area contributed by atoms with Crippen molar-refractivity contribution in [3.8, 4) is 5.75 Å². The van der Waals surface area contributed by atoms with Crippen LogP contribution in [-0.4, -0.2) is 23.3 Å². The van der Waals surface area contributed by atoms with Crippen LogP contribution in [0, 0.1) is 17.3 Å². The zero-order valence-corrected chi connectivity index (χ0v) is 15.2. The van der Waals surface area contributed by atoms with Crippen molar-refractivity contribution in [3.05, 3.63) is 24.3 Å². The lowest BCUT2D eigenvalue weighted by atomic mass is 9.49. The van der Waals surface area contributed by atoms with Crippen LogP contribution in [0.2, 0.25) is 0 Å². The van der Waals surface area contributed by atoms with Gasteiger partial charge in [-0.15, -0.1) is 11.6 Å². The molecule has 0 aromatic heterocycles. The minimum atomic E-state index is -4.59. The third kappa shape index (κ3) is 3.50. The normalized spacial score (nSPS) is 34.7. The van der Waals surface area contributed by atoms with Crippen LogP contribution in [0.25, 0.3) is 0 Å². The number of halogens is 5. The number of hydrogen-bond acceptors (Lipinski definition) is 2. The number of carbonyl (C=O) groups excluding carboxylic acids is 1. The monoisotopic (exact) mass is 405 g/mol. The maximum Gasteiger partial charge on any atom is 0.461 e. The van der Waals surface area contributed by atoms with Gasteiger partial charge in [0.25, 0.3) is 0 Å². The molecule has 4 bridgehead atoms. The molecule has 1 N–H and O–H groups in total. The summed E-state index contributed by atoms with van der Waals surface area (Å²) in [6.07, 6.45) is -3.38. The molecular formula is C19H20ClF4NO2. The van der Waals surface area contributed by atoms with Gasteiger partial charge < -0.3 is 10.1 Å². The predicted octanol–water partition coefficient (Wildman–Crippen LogP) is 5.44. The Kier molecular flexibility index (Phi) is 4.37. The molecule has 1 aromatic rings. The van der Waals surface area contributed by atoms with Gasteiger partial charge in [-0.05, 0) is 62.5 Å². The Bertz CT molecular complexity index is 743. The Hall–Kier alpha value is -1.50. The summed E-state index contributed by atoms with van der Waals surface area (Å²) in [6.45, 7) is 0. The molecule has 0 radical (unpaired) electrons. The first kappa shape index (κ1) is 18.8. The van der Waals surface area contributed by atoms with Gasteiger partial charge in [0.15, 0.2) is 0 Å². The molecule has 0 spiro atoms. The highest BCUT2D eigenvalue weighted by Gasteiger charge is 2.60. The standard InChI is InChI=1S/C19H20ClF4NO2/c20-18-8-11-4-12(9-18)7-17(6-11,10-18)16(26)25-13-2-1-3-14(5-13)27-19(23,24)15(21)22/h1-3,5,11-12,15H,4,6-10H2,(H,25,26)/t11-,12+,17?,18?. The Balaban J connectivity index is 1.50. The second-order valence-electron chi connectivity index (χ2n) is 8.34. The van der Waals surface area contributed by atoms with Gasteiger partial charge in [-0.1, -0.05) is 6.07 Å². The van der Waals surface area contributed by atoms with Gasteiger partial charge in [0.1, 0.15) is 5.75 Å². The molecule has 5 rings (SSSR count). The van der Waals surface area contributed by atoms with Crippen molar-refractivity contribution >= 4 is 23.2 Å². The van der Waals surface area contributed by atoms with Gasteiger partial charge in [0.05, 0.1) is 5.41 Å². The molecule has 1 amide bonds. The van der Waals surface area contributed by atoms with E-state index in [1.54, 1.807) is 0 Å². The highest BCUT2D eigenvalue weighted by molar-refractivity contribution is 6.24. The average Bonchev–Trinajstić information content (AvgIpc) is 2.52. The smallest absolute Gasteiger partial charge is 0.428 e. The van der Waals surface area contributed by atoms with Crippen LogP contribution in [0.3, 0.4) is 0 Å². The highest BCUT2D eigenvalue weighted by atomic mass is 35.5. The number of rotatable bonds is 5. The van der Waals surface area contributed by atoms with Crippen molar-refractivity contribution < 1.29 is 27.1 Å². The van der Waals surface area contributed by atoms with E-state index in [2.05, 4.69) is 10.1 Å². The molecule has 4 fully saturated rings. The van der Waals surface area contributed by atoms with Crippen molar-refractivity contribution in [1.82, 2.24) is 0 Å². The Morgan fingerprint density at radius 2 is 1.89 bits per heavy atom. The third-order valence-electron chi connectivity index (χ3n) is 6.07. The minimum Gasteiger partial charge on any atom is -0.428 e. The zero-order chi connectivity index (χ0) is 19.4. The number of nitrogens with one attached hydrogen (secondary N) is 1. The van der Waals surface area contributed by atoms with Crippen molar-refractivity contribution in [2.75, 3.05) is 5.32 Å². The maximum atomic E-state index is 13.1. The van der Waals surface area contributed by atoms with E-state index in [9.17, 15) is 22.4 Å². The van der Waals surface area contributed by atoms with Gasteiger partial charge in [0.2, 0.25) is 5.91 Å². The average molecular weight is 406 g/mol. The number of carbonyl (C=O) groups is 1. The molecule has 0 heterocycles. The maximum absolute atomic E-state index is 13.1. The number of amides is 1. The van der Waals surface area contributed by atoms with Gasteiger partial charge in [-0.3, -0.25) is 4.79 Å². The van der Waals surface area contributed by atoms with E-state index in [1.807, 2.05) is 0 Å². The van der Waals surface area contributed by atoms with Gasteiger partial charge in [-0.2, -0.15) is 17.6 Å². The number of hydrogen-bond donors (Lipinski definition) is 1. The van der Waals surface area contributed by atoms with Crippen LogP contribution in [0.5, 0.6) is 5.75 Å². The van der Waals surface area contributed by atoms with Gasteiger partial charge in [0, 0.05) is 16.6 Å². The summed E-state index contributed by atoms with van der Waals surface area (Å²) >= 11 is 6.74. The first-order valence-corrected chi connectivity index (χ1v) is 9.42. The quantitative estimate of drug-likeness (QED) is 0.523. The fraction of sp³-hybridized carbons (Fsp3) is 0.632. The number of alkyl halides is 5. The fourth-order valence-electron chi connectivity index (χ4n) is 5.52. The molecule has 4 saturated carbocycles. The molecule has 2 unspecified atom stereocenters. The predicted molar refractivity (Wildman–Crippen MR) is 92.3 cm³/mol. The molecule has 4 atom stereocenters. The van der Waals surface area contributed by atoms with Crippen molar-refractivity contribution in [1.29, 1.82) is 0 Å². The van der Waals surface area contributed by atoms with Crippen molar-refractivity contribution in [2.24, 2.45) is 17.3 Å². The molecule has 1 aromatic carbocycles. The second-order valence-corrected chi connectivity index (χ2v) is 9.14. The van der Waals surface area contributed by atoms with Gasteiger partial charge in [-0.25, -0.2) is 0 Å². The summed E-state index contributed by atoms with van der Waals surface area (Å²) < 4.78 is 54.9. The van der Waals surface area contributed by atoms with E-state index >= 15 is 0 Å². The molecule has 27 heavy (non-hydrogen) atoms. The van der Waals surface area contributed by atoms with E-state index < -0.39 is 23.7 Å². The van der Waals surface area contributed by atoms with Crippen molar-refractivity contribution in [3.63, 3.8) is 0 Å². The minimum absolute atomic E-state index is 0.181. The summed E-state index contributed by atoms with van der Waals surface area (Å²) in [7, 11) is 0. The lowest BCUT2D eigenvalue weighted by Crippen LogP contribution is -2.57. The molecule has 148 valence electrons. The van der Waals surface area contributed by atoms with Crippen LogP contribution in [-0.2, 0) is 4.79 Å². The second kappa shape index (κ2) is 6.26. The fourth-order valence-corrected chi connectivity index (χ4v) is 6.21. The number of ether oxygens (including phenoxy) is 1. The van der Waals surface area contributed by atoms with E-state index in [0.717, 1.165) is 44.2 Å². The summed E-state index contributed by atoms with van der Waals surface area (Å²) in [5, 5.41) is 2.76. The summed E-state index contributed by atoms with van der Waals surface area (Å²) in [5.74, 6) is 0.264. The van der Waals surface area contributed by atoms with Crippen molar-refractivity contribution in [2.45, 2.75) is 55.9 Å². The zero-order valence-electron chi connectivity index (χ0n) is 14.5. The first-order chi connectivity index (χ1) is 12.6. The Labute approximate surface area is 159 Å². The SMILES string of the molecule is O=C(Nc1cccc(OC(F)(F)C(F)F)c1)C12C[C@@H]3C[C@@H](CC(Cl)(C3)C1)C2.